The molecule has 1 amide bonds. The Morgan fingerprint density at radius 2 is 1.86 bits per heavy atom. The maximum atomic E-state index is 12.8. The summed E-state index contributed by atoms with van der Waals surface area (Å²) in [4.78, 5) is 21.6. The average molecular weight is 531 g/mol. The predicted octanol–water partition coefficient (Wildman–Crippen LogP) is 3.77. The number of nitrogens with one attached hydrogen (secondary N) is 3. The summed E-state index contributed by atoms with van der Waals surface area (Å²) in [5.74, 6) is -0.0277. The molecule has 0 aliphatic carbocycles. The van der Waals surface area contributed by atoms with Gasteiger partial charge in [-0.05, 0) is 67.9 Å². The summed E-state index contributed by atoms with van der Waals surface area (Å²) >= 11 is 12.5. The number of amides is 1. The highest BCUT2D eigenvalue weighted by molar-refractivity contribution is 6.42. The quantitative estimate of drug-likeness (QED) is 0.389. The maximum Gasteiger partial charge on any atom is 0.269 e. The van der Waals surface area contributed by atoms with Gasteiger partial charge in [-0.2, -0.15) is 0 Å². The molecule has 8 nitrogen and oxygen atoms in total. The average Bonchev–Trinajstić information content (AvgIpc) is 2.88. The van der Waals surface area contributed by atoms with Crippen molar-refractivity contribution in [2.24, 2.45) is 10.7 Å². The maximum absolute atomic E-state index is 12.8. The zero-order valence-corrected chi connectivity index (χ0v) is 21.9. The number of aliphatic imine (C=N–C) groups is 1. The number of benzene rings is 2. The van der Waals surface area contributed by atoms with Gasteiger partial charge in [0.05, 0.1) is 18.3 Å². The second-order valence-electron chi connectivity index (χ2n) is 9.26. The molecule has 1 fully saturated rings. The molecular formula is C26H33Cl2N7O. The molecule has 192 valence electrons. The number of amidine groups is 1. The van der Waals surface area contributed by atoms with Crippen molar-refractivity contribution >= 4 is 52.0 Å². The molecule has 2 aromatic rings. The lowest BCUT2D eigenvalue weighted by Gasteiger charge is -2.34. The van der Waals surface area contributed by atoms with Crippen LogP contribution in [0.4, 0.5) is 11.4 Å². The van der Waals surface area contributed by atoms with Crippen LogP contribution in [0.1, 0.15) is 24.8 Å². The molecule has 5 N–H and O–H groups in total. The topological polar surface area (TPSA) is 110 Å². The Bertz CT molecular complexity index is 1110. The highest BCUT2D eigenvalue weighted by Gasteiger charge is 2.29. The second kappa shape index (κ2) is 12.1. The lowest BCUT2D eigenvalue weighted by Crippen LogP contribution is -2.50. The highest BCUT2D eigenvalue weighted by Crippen LogP contribution is 2.25. The molecule has 0 saturated carbocycles. The van der Waals surface area contributed by atoms with E-state index in [1.54, 1.807) is 12.1 Å². The zero-order valence-electron chi connectivity index (χ0n) is 20.4. The molecule has 36 heavy (non-hydrogen) atoms. The molecule has 2 aliphatic rings. The molecule has 2 aliphatic heterocycles. The van der Waals surface area contributed by atoms with Gasteiger partial charge in [0, 0.05) is 60.1 Å². The monoisotopic (exact) mass is 529 g/mol. The normalized spacial score (nSPS) is 19.1. The minimum absolute atomic E-state index is 0.0551. The summed E-state index contributed by atoms with van der Waals surface area (Å²) in [6, 6.07) is 13.3. The fourth-order valence-corrected chi connectivity index (χ4v) is 5.11. The van der Waals surface area contributed by atoms with Gasteiger partial charge in [0.1, 0.15) is 5.84 Å². The number of carbonyl (C=O) groups is 1. The van der Waals surface area contributed by atoms with Crippen molar-refractivity contribution < 1.29 is 4.79 Å². The van der Waals surface area contributed by atoms with Crippen LogP contribution in [0.2, 0.25) is 10.0 Å². The minimum atomic E-state index is -0.448. The van der Waals surface area contributed by atoms with Gasteiger partial charge in [0.2, 0.25) is 0 Å². The Kier molecular flexibility index (Phi) is 8.85. The van der Waals surface area contributed by atoms with E-state index in [1.165, 1.54) is 0 Å². The van der Waals surface area contributed by atoms with E-state index in [4.69, 9.17) is 34.3 Å². The van der Waals surface area contributed by atoms with Crippen LogP contribution in [-0.4, -0.2) is 67.7 Å². The highest BCUT2D eigenvalue weighted by atomic mass is 35.5. The molecule has 1 atom stereocenters. The summed E-state index contributed by atoms with van der Waals surface area (Å²) in [5, 5.41) is 15.8. The summed E-state index contributed by atoms with van der Waals surface area (Å²) in [6.07, 6.45) is 2.37. The van der Waals surface area contributed by atoms with Crippen molar-refractivity contribution in [3.63, 3.8) is 0 Å². The molecule has 0 aromatic heterocycles. The fraction of sp³-hybridized carbons (Fsp3) is 0.423. The number of nitrogens with two attached hydrogens (primary N) is 1. The SMILES string of the molecule is CNC1CCN(c2ccc(NC(=O)C(=N)CC3C(N)=NCCN3Cc3cc(Cl)ccc3Cl)cc2)CC1. The van der Waals surface area contributed by atoms with Gasteiger partial charge in [-0.1, -0.05) is 23.2 Å². The van der Waals surface area contributed by atoms with E-state index in [0.717, 1.165) is 37.2 Å². The standard InChI is InChI=1S/C26H33Cl2N7O/c1-31-19-8-11-34(12-9-19)21-5-3-20(4-6-21)33-26(36)23(29)15-24-25(30)32-10-13-35(24)16-17-14-18(27)2-7-22(17)28/h2-7,14,19,24,29,31H,8-13,15-16H2,1H3,(H2,30,32)(H,33,36). The van der Waals surface area contributed by atoms with E-state index in [1.807, 2.05) is 37.4 Å². The van der Waals surface area contributed by atoms with Crippen LogP contribution in [0.3, 0.4) is 0 Å². The first-order valence-electron chi connectivity index (χ1n) is 12.2. The lowest BCUT2D eigenvalue weighted by atomic mass is 10.0. The first-order valence-corrected chi connectivity index (χ1v) is 13.0. The van der Waals surface area contributed by atoms with Gasteiger partial charge in [0.25, 0.3) is 5.91 Å². The van der Waals surface area contributed by atoms with Crippen molar-refractivity contribution in [3.05, 3.63) is 58.1 Å². The van der Waals surface area contributed by atoms with Crippen molar-refractivity contribution in [3.8, 4) is 0 Å². The van der Waals surface area contributed by atoms with Crippen LogP contribution < -0.4 is 21.3 Å². The van der Waals surface area contributed by atoms with E-state index in [9.17, 15) is 4.79 Å². The predicted molar refractivity (Wildman–Crippen MR) is 149 cm³/mol. The van der Waals surface area contributed by atoms with Crippen LogP contribution in [0.5, 0.6) is 0 Å². The Balaban J connectivity index is 1.35. The van der Waals surface area contributed by atoms with E-state index in [2.05, 4.69) is 25.4 Å². The number of hydrogen-bond donors (Lipinski definition) is 4. The fourth-order valence-electron chi connectivity index (χ4n) is 4.74. The Morgan fingerprint density at radius 1 is 1.14 bits per heavy atom. The Hall–Kier alpha value is -2.65. The van der Waals surface area contributed by atoms with Crippen molar-refractivity contribution in [2.75, 3.05) is 43.4 Å². The van der Waals surface area contributed by atoms with Gasteiger partial charge < -0.3 is 21.3 Å². The van der Waals surface area contributed by atoms with Gasteiger partial charge in [-0.25, -0.2) is 0 Å². The second-order valence-corrected chi connectivity index (χ2v) is 10.1. The van der Waals surface area contributed by atoms with E-state index in [0.29, 0.717) is 47.2 Å². The third kappa shape index (κ3) is 6.56. The number of carbonyl (C=O) groups excluding carboxylic acids is 1. The van der Waals surface area contributed by atoms with Crippen LogP contribution in [0, 0.1) is 5.41 Å². The minimum Gasteiger partial charge on any atom is -0.386 e. The van der Waals surface area contributed by atoms with Crippen LogP contribution in [0.25, 0.3) is 0 Å². The van der Waals surface area contributed by atoms with E-state index < -0.39 is 5.91 Å². The summed E-state index contributed by atoms with van der Waals surface area (Å²) in [7, 11) is 2.01. The summed E-state index contributed by atoms with van der Waals surface area (Å²) in [5.41, 5.74) is 8.82. The third-order valence-corrected chi connectivity index (χ3v) is 7.51. The van der Waals surface area contributed by atoms with Gasteiger partial charge in [0.15, 0.2) is 0 Å². The van der Waals surface area contributed by atoms with Gasteiger partial charge >= 0.3 is 0 Å². The first-order chi connectivity index (χ1) is 17.3. The molecule has 1 unspecified atom stereocenters. The van der Waals surface area contributed by atoms with Crippen molar-refractivity contribution in [2.45, 2.75) is 37.9 Å². The number of halogens is 2. The number of nitrogens with zero attached hydrogens (tertiary/aromatic N) is 3. The summed E-state index contributed by atoms with van der Waals surface area (Å²) in [6.45, 7) is 3.71. The van der Waals surface area contributed by atoms with Crippen molar-refractivity contribution in [1.29, 1.82) is 5.41 Å². The third-order valence-electron chi connectivity index (χ3n) is 6.91. The number of piperidine rings is 1. The van der Waals surface area contributed by atoms with Crippen LogP contribution in [-0.2, 0) is 11.3 Å². The zero-order chi connectivity index (χ0) is 25.7. The molecule has 2 aromatic carbocycles. The number of anilines is 2. The molecule has 2 heterocycles. The first kappa shape index (κ1) is 26.4. The molecule has 1 saturated heterocycles. The molecule has 4 rings (SSSR count). The van der Waals surface area contributed by atoms with E-state index >= 15 is 0 Å². The Morgan fingerprint density at radius 3 is 2.56 bits per heavy atom. The number of rotatable bonds is 8. The van der Waals surface area contributed by atoms with Crippen molar-refractivity contribution in [1.82, 2.24) is 10.2 Å². The lowest BCUT2D eigenvalue weighted by molar-refractivity contribution is -0.110. The van der Waals surface area contributed by atoms with Gasteiger partial charge in [-0.3, -0.25) is 20.1 Å². The molecule has 0 radical (unpaired) electrons. The molecule has 10 heteroatoms. The van der Waals surface area contributed by atoms with Crippen LogP contribution >= 0.6 is 23.2 Å². The summed E-state index contributed by atoms with van der Waals surface area (Å²) < 4.78 is 0. The largest absolute Gasteiger partial charge is 0.386 e. The molecule has 0 spiro atoms. The Labute approximate surface area is 222 Å². The van der Waals surface area contributed by atoms with Crippen LogP contribution in [0.15, 0.2) is 47.5 Å². The smallest absolute Gasteiger partial charge is 0.269 e. The number of hydrogen-bond acceptors (Lipinski definition) is 7. The van der Waals surface area contributed by atoms with Gasteiger partial charge in [-0.15, -0.1) is 0 Å². The van der Waals surface area contributed by atoms with E-state index in [-0.39, 0.29) is 18.2 Å². The molecular weight excluding hydrogens is 497 g/mol. The molecule has 0 bridgehead atoms.